The third-order valence-corrected chi connectivity index (χ3v) is 16.8. The smallest absolute Gasteiger partial charge is 0.309 e. The number of carbonyl (C=O) groups excluding carboxylic acids is 3. The van der Waals surface area contributed by atoms with E-state index in [4.69, 9.17) is 16.3 Å². The third kappa shape index (κ3) is 7.94. The number of ketones is 2. The molecule has 6 rings (SSSR count). The van der Waals surface area contributed by atoms with Gasteiger partial charge in [0.1, 0.15) is 6.10 Å². The number of ether oxygens (including phenoxy) is 1. The highest BCUT2D eigenvalue weighted by Crippen LogP contribution is 2.73. The molecule has 0 saturated heterocycles. The largest absolute Gasteiger partial charge is 0.481 e. The summed E-state index contributed by atoms with van der Waals surface area (Å²) in [7, 11) is 4.13. The van der Waals surface area contributed by atoms with Crippen LogP contribution in [0.3, 0.4) is 0 Å². The highest BCUT2D eigenvalue weighted by atomic mass is 35.5. The first-order valence-corrected chi connectivity index (χ1v) is 22.3. The molecule has 8 nitrogen and oxygen atoms in total. The number of carboxylic acid groups (broad SMARTS) is 1. The fourth-order valence-electron chi connectivity index (χ4n) is 13.3. The summed E-state index contributed by atoms with van der Waals surface area (Å²) in [6.45, 7) is 19.7. The van der Waals surface area contributed by atoms with Gasteiger partial charge in [-0.15, -0.1) is 0 Å². The molecule has 1 N–H and O–H groups in total. The van der Waals surface area contributed by atoms with E-state index in [0.29, 0.717) is 42.3 Å². The molecule has 0 heterocycles. The molecule has 0 aliphatic heterocycles. The normalized spacial score (nSPS) is 34.0. The SMILES string of the molecule is CCC(C)C1=C2C3CCC4C(C)(CC[C@H]5C(C)(C)C(OC(=O)CC(C)(C)C(=O)O)CCC45C)C3CCC2(C(=O)CN(CCN(C)C)Cc2ccc(Cl)cc2)CC1=O. The number of fused-ring (bicyclic) bond motifs is 7. The van der Waals surface area contributed by atoms with Crippen LogP contribution in [0.25, 0.3) is 0 Å². The van der Waals surface area contributed by atoms with Crippen molar-refractivity contribution < 1.29 is 29.0 Å². The number of esters is 1. The first-order chi connectivity index (χ1) is 26.6. The van der Waals surface area contributed by atoms with Crippen molar-refractivity contribution in [1.29, 1.82) is 0 Å². The summed E-state index contributed by atoms with van der Waals surface area (Å²) in [4.78, 5) is 58.8. The van der Waals surface area contributed by atoms with Gasteiger partial charge in [0.2, 0.25) is 0 Å². The lowest BCUT2D eigenvalue weighted by atomic mass is 9.36. The maximum absolute atomic E-state index is 15.1. The number of hydrogen-bond acceptors (Lipinski definition) is 7. The zero-order valence-electron chi connectivity index (χ0n) is 36.6. The van der Waals surface area contributed by atoms with Crippen LogP contribution in [0.5, 0.6) is 0 Å². The maximum atomic E-state index is 15.1. The molecule has 5 aliphatic carbocycles. The molecule has 5 aliphatic rings. The Bertz CT molecular complexity index is 1750. The van der Waals surface area contributed by atoms with Crippen LogP contribution in [-0.2, 0) is 30.5 Å². The molecule has 1 aromatic carbocycles. The Morgan fingerprint density at radius 1 is 0.930 bits per heavy atom. The molecule has 57 heavy (non-hydrogen) atoms. The molecule has 9 heteroatoms. The van der Waals surface area contributed by atoms with Crippen molar-refractivity contribution in [1.82, 2.24) is 9.80 Å². The molecule has 4 fully saturated rings. The van der Waals surface area contributed by atoms with Crippen molar-refractivity contribution in [2.75, 3.05) is 33.7 Å². The summed E-state index contributed by atoms with van der Waals surface area (Å²) in [6, 6.07) is 7.91. The molecular formula is C48H71ClN2O6. The lowest BCUT2D eigenvalue weighted by Crippen LogP contribution is -2.63. The first kappa shape index (κ1) is 44.0. The molecular weight excluding hydrogens is 736 g/mol. The van der Waals surface area contributed by atoms with E-state index in [2.05, 4.69) is 65.4 Å². The van der Waals surface area contributed by atoms with Crippen molar-refractivity contribution in [3.63, 3.8) is 0 Å². The second-order valence-corrected chi connectivity index (χ2v) is 21.5. The summed E-state index contributed by atoms with van der Waals surface area (Å²) in [5, 5.41) is 10.3. The maximum Gasteiger partial charge on any atom is 0.309 e. The first-order valence-electron chi connectivity index (χ1n) is 22.0. The van der Waals surface area contributed by atoms with E-state index in [-0.39, 0.29) is 52.2 Å². The average molecular weight is 808 g/mol. The van der Waals surface area contributed by atoms with Crippen molar-refractivity contribution in [3.8, 4) is 0 Å². The van der Waals surface area contributed by atoms with E-state index in [1.54, 1.807) is 13.8 Å². The van der Waals surface area contributed by atoms with Crippen LogP contribution >= 0.6 is 11.6 Å². The molecule has 0 bridgehead atoms. The van der Waals surface area contributed by atoms with Gasteiger partial charge in [-0.05, 0) is 155 Å². The van der Waals surface area contributed by atoms with Gasteiger partial charge in [-0.25, -0.2) is 0 Å². The van der Waals surface area contributed by atoms with Crippen LogP contribution in [0.1, 0.15) is 132 Å². The number of rotatable bonds is 14. The Balaban J connectivity index is 1.27. The highest BCUT2D eigenvalue weighted by molar-refractivity contribution is 6.30. The monoisotopic (exact) mass is 807 g/mol. The number of halogens is 1. The van der Waals surface area contributed by atoms with Crippen molar-refractivity contribution >= 4 is 35.1 Å². The molecule has 1 aromatic rings. The quantitative estimate of drug-likeness (QED) is 0.186. The molecule has 316 valence electrons. The number of carbonyl (C=O) groups is 4. The Kier molecular flexibility index (Phi) is 12.5. The number of nitrogens with zero attached hydrogens (tertiary/aromatic N) is 2. The van der Waals surface area contributed by atoms with Crippen LogP contribution in [0.4, 0.5) is 0 Å². The fourth-order valence-corrected chi connectivity index (χ4v) is 13.5. The fraction of sp³-hybridized carbons (Fsp3) is 0.750. The van der Waals surface area contributed by atoms with E-state index in [0.717, 1.165) is 82.0 Å². The van der Waals surface area contributed by atoms with E-state index in [9.17, 15) is 19.5 Å². The van der Waals surface area contributed by atoms with Gasteiger partial charge < -0.3 is 14.7 Å². The van der Waals surface area contributed by atoms with Crippen LogP contribution < -0.4 is 0 Å². The summed E-state index contributed by atoms with van der Waals surface area (Å²) in [6.07, 6.45) is 8.46. The molecule has 9 atom stereocenters. The minimum Gasteiger partial charge on any atom is -0.481 e. The zero-order chi connectivity index (χ0) is 41.9. The van der Waals surface area contributed by atoms with Crippen molar-refractivity contribution in [3.05, 3.63) is 46.0 Å². The Morgan fingerprint density at radius 2 is 1.60 bits per heavy atom. The van der Waals surface area contributed by atoms with Gasteiger partial charge in [-0.3, -0.25) is 24.1 Å². The third-order valence-electron chi connectivity index (χ3n) is 16.6. The summed E-state index contributed by atoms with van der Waals surface area (Å²) < 4.78 is 6.18. The number of aliphatic carboxylic acids is 1. The summed E-state index contributed by atoms with van der Waals surface area (Å²) in [5.74, 6) is 0.618. The number of likely N-dealkylation sites (N-methyl/N-ethyl adjacent to an activating group) is 1. The van der Waals surface area contributed by atoms with Gasteiger partial charge in [0.15, 0.2) is 11.6 Å². The molecule has 0 amide bonds. The van der Waals surface area contributed by atoms with Gasteiger partial charge in [0.05, 0.1) is 23.8 Å². The topological polar surface area (TPSA) is 104 Å². The number of benzene rings is 1. The van der Waals surface area contributed by atoms with Gasteiger partial charge in [0.25, 0.3) is 0 Å². The predicted molar refractivity (Wildman–Crippen MR) is 226 cm³/mol. The Labute approximate surface area is 347 Å². The van der Waals surface area contributed by atoms with Gasteiger partial charge in [0, 0.05) is 36.5 Å². The average Bonchev–Trinajstić information content (AvgIpc) is 3.45. The van der Waals surface area contributed by atoms with Crippen LogP contribution in [0, 0.1) is 56.7 Å². The predicted octanol–water partition coefficient (Wildman–Crippen LogP) is 9.67. The van der Waals surface area contributed by atoms with Crippen molar-refractivity contribution in [2.45, 2.75) is 139 Å². The summed E-state index contributed by atoms with van der Waals surface area (Å²) in [5.41, 5.74) is 1.31. The van der Waals surface area contributed by atoms with Crippen molar-refractivity contribution in [2.24, 2.45) is 56.7 Å². The van der Waals surface area contributed by atoms with Crippen LogP contribution in [0.2, 0.25) is 5.02 Å². The minimum absolute atomic E-state index is 0.0586. The van der Waals surface area contributed by atoms with E-state index in [1.807, 2.05) is 24.3 Å². The molecule has 8 unspecified atom stereocenters. The lowest BCUT2D eigenvalue weighted by molar-refractivity contribution is -0.213. The zero-order valence-corrected chi connectivity index (χ0v) is 37.4. The van der Waals surface area contributed by atoms with E-state index in [1.165, 1.54) is 5.57 Å². The van der Waals surface area contributed by atoms with Crippen LogP contribution in [-0.4, -0.2) is 78.2 Å². The standard InChI is InChI=1S/C48H71ClN2O6/c1-11-30(2)41-35(52)26-48(38(53)29-51(25-24-50(9)10)28-31-12-14-32(49)15-13-31)23-18-34-33(42(41)48)16-17-37-46(34,7)21-19-36-45(5,6)39(20-22-47(36,37)8)57-40(54)27-44(3,4)43(55)56/h12-15,30,33-34,36-37,39H,11,16-29H2,1-10H3,(H,55,56)/t30?,33?,34?,36-,37?,39?,46?,47?,48?/m0/s1. The second-order valence-electron chi connectivity index (χ2n) is 21.1. The Morgan fingerprint density at radius 3 is 2.23 bits per heavy atom. The molecule has 4 saturated carbocycles. The van der Waals surface area contributed by atoms with Crippen LogP contribution in [0.15, 0.2) is 35.4 Å². The van der Waals surface area contributed by atoms with E-state index < -0.39 is 22.8 Å². The van der Waals surface area contributed by atoms with E-state index >= 15 is 4.79 Å². The second kappa shape index (κ2) is 16.1. The summed E-state index contributed by atoms with van der Waals surface area (Å²) >= 11 is 6.23. The number of hydrogen-bond donors (Lipinski definition) is 1. The van der Waals surface area contributed by atoms with Gasteiger partial charge >= 0.3 is 11.9 Å². The number of carboxylic acids is 1. The molecule has 0 radical (unpaired) electrons. The number of allylic oxidation sites excluding steroid dienone is 2. The molecule has 0 spiro atoms. The van der Waals surface area contributed by atoms with Gasteiger partial charge in [-0.2, -0.15) is 0 Å². The van der Waals surface area contributed by atoms with Gasteiger partial charge in [-0.1, -0.05) is 65.3 Å². The number of Topliss-reactive ketones (excluding diaryl/α,β-unsaturated/α-hetero) is 2. The lowest BCUT2D eigenvalue weighted by Gasteiger charge is -2.68. The minimum atomic E-state index is -1.17. The highest BCUT2D eigenvalue weighted by Gasteiger charge is 2.67. The molecule has 0 aromatic heterocycles. The Hall–Kier alpha value is -2.55.